The maximum Gasteiger partial charge on any atom is 0.243 e. The Balaban J connectivity index is 1.51. The van der Waals surface area contributed by atoms with Crippen LogP contribution in [0.25, 0.3) is 11.3 Å². The van der Waals surface area contributed by atoms with Crippen LogP contribution in [-0.4, -0.2) is 30.4 Å². The maximum atomic E-state index is 13.2. The first-order valence-corrected chi connectivity index (χ1v) is 14.8. The Morgan fingerprint density at radius 1 is 0.833 bits per heavy atom. The minimum Gasteiger partial charge on any atom is -0.312 e. The topological polar surface area (TPSA) is 54.7 Å². The summed E-state index contributed by atoms with van der Waals surface area (Å²) < 4.78 is 30.3. The zero-order valence-electron chi connectivity index (χ0n) is 20.5. The average Bonchev–Trinajstić information content (AvgIpc) is 3.08. The fourth-order valence-electron chi connectivity index (χ4n) is 4.52. The lowest BCUT2D eigenvalue weighted by atomic mass is 10.1. The van der Waals surface area contributed by atoms with Gasteiger partial charge in [0.05, 0.1) is 22.8 Å². The van der Waals surface area contributed by atoms with Crippen molar-refractivity contribution in [1.82, 2.24) is 8.87 Å². The van der Waals surface area contributed by atoms with Crippen molar-refractivity contribution < 1.29 is 8.42 Å². The molecule has 1 aromatic heterocycles. The van der Waals surface area contributed by atoms with E-state index in [4.69, 9.17) is 4.99 Å². The molecule has 0 unspecified atom stereocenters. The second kappa shape index (κ2) is 10.9. The SMILES string of the molecule is Cc1ccc(Cn2c(-c3ccc(S(=O)(=O)N4CCCCCC4)cc3)csc2=Nc2ccccc2)cc1. The van der Waals surface area contributed by atoms with Gasteiger partial charge in [-0.15, -0.1) is 11.3 Å². The van der Waals surface area contributed by atoms with E-state index in [2.05, 4.69) is 41.1 Å². The standard InChI is InChI=1S/C29H31N3O2S2/c1-23-11-13-24(14-12-23)21-32-28(22-35-29(32)30-26-9-5-4-6-10-26)25-15-17-27(18-16-25)36(33,34)31-19-7-2-3-8-20-31/h4-6,9-18,22H,2-3,7-8,19-21H2,1H3. The number of thiazole rings is 1. The smallest absolute Gasteiger partial charge is 0.243 e. The summed E-state index contributed by atoms with van der Waals surface area (Å²) in [6.45, 7) is 3.98. The van der Waals surface area contributed by atoms with Crippen LogP contribution < -0.4 is 4.80 Å². The number of hydrogen-bond acceptors (Lipinski definition) is 4. The Morgan fingerprint density at radius 3 is 2.17 bits per heavy atom. The van der Waals surface area contributed by atoms with Crippen molar-refractivity contribution in [2.45, 2.75) is 44.0 Å². The van der Waals surface area contributed by atoms with Crippen LogP contribution in [0, 0.1) is 6.92 Å². The van der Waals surface area contributed by atoms with Gasteiger partial charge in [-0.25, -0.2) is 13.4 Å². The highest BCUT2D eigenvalue weighted by atomic mass is 32.2. The number of sulfonamides is 1. The van der Waals surface area contributed by atoms with Crippen LogP contribution in [-0.2, 0) is 16.6 Å². The molecule has 0 N–H and O–H groups in total. The van der Waals surface area contributed by atoms with Gasteiger partial charge in [0.1, 0.15) is 0 Å². The summed E-state index contributed by atoms with van der Waals surface area (Å²) >= 11 is 1.59. The number of benzene rings is 3. The molecule has 36 heavy (non-hydrogen) atoms. The van der Waals surface area contributed by atoms with Gasteiger partial charge < -0.3 is 4.57 Å². The van der Waals surface area contributed by atoms with Crippen molar-refractivity contribution in [2.75, 3.05) is 13.1 Å². The summed E-state index contributed by atoms with van der Waals surface area (Å²) in [5.74, 6) is 0. The van der Waals surface area contributed by atoms with E-state index in [1.807, 2.05) is 42.5 Å². The summed E-state index contributed by atoms with van der Waals surface area (Å²) in [6, 6.07) is 25.8. The molecule has 1 aliphatic heterocycles. The predicted octanol–water partition coefficient (Wildman–Crippen LogP) is 6.37. The first-order chi connectivity index (χ1) is 17.5. The van der Waals surface area contributed by atoms with E-state index in [0.29, 0.717) is 24.5 Å². The third-order valence-corrected chi connectivity index (χ3v) is 9.37. The van der Waals surface area contributed by atoms with Gasteiger partial charge in [0.2, 0.25) is 10.0 Å². The second-order valence-electron chi connectivity index (χ2n) is 9.27. The van der Waals surface area contributed by atoms with Gasteiger partial charge >= 0.3 is 0 Å². The predicted molar refractivity (Wildman–Crippen MR) is 147 cm³/mol. The van der Waals surface area contributed by atoms with Crippen LogP contribution >= 0.6 is 11.3 Å². The lowest BCUT2D eigenvalue weighted by Gasteiger charge is -2.20. The zero-order chi connectivity index (χ0) is 25.0. The van der Waals surface area contributed by atoms with Crippen LogP contribution in [0.4, 0.5) is 5.69 Å². The van der Waals surface area contributed by atoms with E-state index in [9.17, 15) is 8.42 Å². The lowest BCUT2D eigenvalue weighted by Crippen LogP contribution is -2.31. The first kappa shape index (κ1) is 24.7. The van der Waals surface area contributed by atoms with Crippen molar-refractivity contribution >= 4 is 27.0 Å². The molecule has 186 valence electrons. The Bertz CT molecular complexity index is 1460. The molecule has 0 radical (unpaired) electrons. The molecule has 4 aromatic rings. The molecule has 3 aromatic carbocycles. The maximum absolute atomic E-state index is 13.2. The van der Waals surface area contributed by atoms with Gasteiger partial charge in [0.15, 0.2) is 4.80 Å². The van der Waals surface area contributed by atoms with E-state index in [-0.39, 0.29) is 0 Å². The fourth-order valence-corrected chi connectivity index (χ4v) is 6.97. The van der Waals surface area contributed by atoms with Gasteiger partial charge in [0, 0.05) is 18.5 Å². The molecule has 0 bridgehead atoms. The largest absolute Gasteiger partial charge is 0.312 e. The molecule has 1 fully saturated rings. The monoisotopic (exact) mass is 517 g/mol. The van der Waals surface area contributed by atoms with Crippen molar-refractivity contribution in [2.24, 2.45) is 4.99 Å². The van der Waals surface area contributed by atoms with Crippen LogP contribution in [0.2, 0.25) is 0 Å². The summed E-state index contributed by atoms with van der Waals surface area (Å²) in [7, 11) is -3.47. The minimum atomic E-state index is -3.47. The third-order valence-electron chi connectivity index (χ3n) is 6.59. The van der Waals surface area contributed by atoms with Crippen molar-refractivity contribution in [3.63, 3.8) is 0 Å². The highest BCUT2D eigenvalue weighted by molar-refractivity contribution is 7.89. The van der Waals surface area contributed by atoms with Crippen LogP contribution in [0.15, 0.2) is 94.1 Å². The number of aryl methyl sites for hydroxylation is 1. The Labute approximate surface area is 217 Å². The van der Waals surface area contributed by atoms with Gasteiger partial charge in [-0.1, -0.05) is 73.0 Å². The second-order valence-corrected chi connectivity index (χ2v) is 12.0. The molecule has 2 heterocycles. The minimum absolute atomic E-state index is 0.364. The molecule has 0 amide bonds. The molecule has 1 saturated heterocycles. The average molecular weight is 518 g/mol. The molecule has 1 aliphatic rings. The molecular weight excluding hydrogens is 486 g/mol. The van der Waals surface area contributed by atoms with Crippen molar-refractivity contribution in [1.29, 1.82) is 0 Å². The zero-order valence-corrected chi connectivity index (χ0v) is 22.1. The number of nitrogens with zero attached hydrogens (tertiary/aromatic N) is 3. The molecule has 5 nitrogen and oxygen atoms in total. The normalized spacial score (nSPS) is 15.6. The third kappa shape index (κ3) is 5.53. The van der Waals surface area contributed by atoms with Crippen LogP contribution in [0.1, 0.15) is 36.8 Å². The lowest BCUT2D eigenvalue weighted by molar-refractivity contribution is 0.424. The molecule has 0 aliphatic carbocycles. The van der Waals surface area contributed by atoms with Gasteiger partial charge in [-0.05, 0) is 55.2 Å². The molecule has 0 spiro atoms. The summed E-state index contributed by atoms with van der Waals surface area (Å²) in [5.41, 5.74) is 5.32. The quantitative estimate of drug-likeness (QED) is 0.298. The summed E-state index contributed by atoms with van der Waals surface area (Å²) in [4.78, 5) is 6.17. The Morgan fingerprint density at radius 2 is 1.50 bits per heavy atom. The highest BCUT2D eigenvalue weighted by Gasteiger charge is 2.25. The number of aromatic nitrogens is 1. The fraction of sp³-hybridized carbons (Fsp3) is 0.276. The van der Waals surface area contributed by atoms with E-state index in [0.717, 1.165) is 47.4 Å². The van der Waals surface area contributed by atoms with E-state index in [1.54, 1.807) is 27.8 Å². The summed E-state index contributed by atoms with van der Waals surface area (Å²) in [6.07, 6.45) is 4.05. The Kier molecular flexibility index (Phi) is 7.51. The molecule has 5 rings (SSSR count). The molecule has 0 saturated carbocycles. The highest BCUT2D eigenvalue weighted by Crippen LogP contribution is 2.26. The van der Waals surface area contributed by atoms with Gasteiger partial charge in [-0.3, -0.25) is 0 Å². The van der Waals surface area contributed by atoms with Gasteiger partial charge in [0.25, 0.3) is 0 Å². The number of para-hydroxylation sites is 1. The molecular formula is C29H31N3O2S2. The number of hydrogen-bond donors (Lipinski definition) is 0. The first-order valence-electron chi connectivity index (χ1n) is 12.4. The Hall–Kier alpha value is -3.00. The van der Waals surface area contributed by atoms with Crippen molar-refractivity contribution in [3.05, 3.63) is 100 Å². The van der Waals surface area contributed by atoms with E-state index < -0.39 is 10.0 Å². The van der Waals surface area contributed by atoms with E-state index in [1.165, 1.54) is 11.1 Å². The molecule has 7 heteroatoms. The number of rotatable bonds is 6. The van der Waals surface area contributed by atoms with Crippen LogP contribution in [0.3, 0.4) is 0 Å². The van der Waals surface area contributed by atoms with Gasteiger partial charge in [-0.2, -0.15) is 4.31 Å². The molecule has 0 atom stereocenters. The van der Waals surface area contributed by atoms with Crippen molar-refractivity contribution in [3.8, 4) is 11.3 Å². The summed E-state index contributed by atoms with van der Waals surface area (Å²) in [5, 5.41) is 2.11. The van der Waals surface area contributed by atoms with E-state index >= 15 is 0 Å². The van der Waals surface area contributed by atoms with Crippen LogP contribution in [0.5, 0.6) is 0 Å².